The zero-order valence-corrected chi connectivity index (χ0v) is 16.7. The number of hydrogen-bond donors (Lipinski definition) is 2. The van der Waals surface area contributed by atoms with Gasteiger partial charge in [-0.2, -0.15) is 0 Å². The number of pyridine rings is 1. The average Bonchev–Trinajstić information content (AvgIpc) is 2.79. The molecule has 0 aliphatic carbocycles. The standard InChI is InChI=1S/C18H28N4O3.ClH/c1-12(2)20-15(23)11-22-14(4)17(13(3)10-16(22)24)18(25)21-8-5-6-19-7-9-21;/h10,12,19H,5-9,11H2,1-4H3,(H,20,23);1H. The first-order valence-corrected chi connectivity index (χ1v) is 8.81. The molecule has 146 valence electrons. The van der Waals surface area contributed by atoms with Crippen LogP contribution in [-0.2, 0) is 11.3 Å². The van der Waals surface area contributed by atoms with E-state index < -0.39 is 0 Å². The van der Waals surface area contributed by atoms with E-state index in [-0.39, 0.29) is 42.4 Å². The highest BCUT2D eigenvalue weighted by Crippen LogP contribution is 2.15. The average molecular weight is 385 g/mol. The molecule has 0 atom stereocenters. The Balaban J connectivity index is 0.00000338. The summed E-state index contributed by atoms with van der Waals surface area (Å²) < 4.78 is 1.38. The van der Waals surface area contributed by atoms with Gasteiger partial charge in [0.05, 0.1) is 5.56 Å². The van der Waals surface area contributed by atoms with Gasteiger partial charge >= 0.3 is 0 Å². The van der Waals surface area contributed by atoms with Crippen LogP contribution in [0.2, 0.25) is 0 Å². The molecule has 0 radical (unpaired) electrons. The predicted molar refractivity (Wildman–Crippen MR) is 104 cm³/mol. The third kappa shape index (κ3) is 5.32. The van der Waals surface area contributed by atoms with Crippen molar-refractivity contribution in [2.45, 2.75) is 46.7 Å². The quantitative estimate of drug-likeness (QED) is 0.806. The number of carbonyl (C=O) groups excluding carboxylic acids is 2. The van der Waals surface area contributed by atoms with E-state index >= 15 is 0 Å². The van der Waals surface area contributed by atoms with Crippen molar-refractivity contribution in [1.82, 2.24) is 20.1 Å². The van der Waals surface area contributed by atoms with Gasteiger partial charge in [0.25, 0.3) is 11.5 Å². The van der Waals surface area contributed by atoms with E-state index in [0.717, 1.165) is 19.5 Å². The molecule has 8 heteroatoms. The third-order valence-corrected chi connectivity index (χ3v) is 4.36. The van der Waals surface area contributed by atoms with Gasteiger partial charge in [-0.25, -0.2) is 0 Å². The topological polar surface area (TPSA) is 83.4 Å². The van der Waals surface area contributed by atoms with Gasteiger partial charge in [-0.3, -0.25) is 14.4 Å². The Morgan fingerprint density at radius 2 is 1.92 bits per heavy atom. The largest absolute Gasteiger partial charge is 0.352 e. The zero-order valence-electron chi connectivity index (χ0n) is 15.9. The van der Waals surface area contributed by atoms with Crippen molar-refractivity contribution in [3.63, 3.8) is 0 Å². The summed E-state index contributed by atoms with van der Waals surface area (Å²) in [5, 5.41) is 6.05. The number of halogens is 1. The monoisotopic (exact) mass is 384 g/mol. The summed E-state index contributed by atoms with van der Waals surface area (Å²) in [6, 6.07) is 1.44. The molecule has 0 bridgehead atoms. The maximum absolute atomic E-state index is 13.0. The van der Waals surface area contributed by atoms with Gasteiger partial charge in [0, 0.05) is 37.4 Å². The Bertz CT molecular complexity index is 707. The van der Waals surface area contributed by atoms with Crippen molar-refractivity contribution < 1.29 is 9.59 Å². The van der Waals surface area contributed by atoms with Crippen molar-refractivity contribution >= 4 is 24.2 Å². The predicted octanol–water partition coefficient (Wildman–Crippen LogP) is 0.847. The lowest BCUT2D eigenvalue weighted by molar-refractivity contribution is -0.122. The lowest BCUT2D eigenvalue weighted by atomic mass is 10.1. The molecule has 2 rings (SSSR count). The van der Waals surface area contributed by atoms with E-state index in [9.17, 15) is 14.4 Å². The van der Waals surface area contributed by atoms with E-state index in [2.05, 4.69) is 10.6 Å². The Morgan fingerprint density at radius 1 is 1.23 bits per heavy atom. The molecule has 1 fully saturated rings. The van der Waals surface area contributed by atoms with E-state index in [1.807, 2.05) is 18.7 Å². The molecular weight excluding hydrogens is 356 g/mol. The van der Waals surface area contributed by atoms with E-state index in [1.54, 1.807) is 13.8 Å². The van der Waals surface area contributed by atoms with Gasteiger partial charge in [-0.1, -0.05) is 0 Å². The van der Waals surface area contributed by atoms with Gasteiger partial charge in [0.1, 0.15) is 6.54 Å². The lowest BCUT2D eigenvalue weighted by Crippen LogP contribution is -2.39. The van der Waals surface area contributed by atoms with Gasteiger partial charge in [0.2, 0.25) is 5.91 Å². The second-order valence-corrected chi connectivity index (χ2v) is 6.83. The second kappa shape index (κ2) is 9.73. The Morgan fingerprint density at radius 3 is 2.58 bits per heavy atom. The van der Waals surface area contributed by atoms with Crippen molar-refractivity contribution in [3.8, 4) is 0 Å². The highest BCUT2D eigenvalue weighted by molar-refractivity contribution is 5.96. The maximum atomic E-state index is 13.0. The van der Waals surface area contributed by atoms with E-state index in [4.69, 9.17) is 0 Å². The first-order valence-electron chi connectivity index (χ1n) is 8.81. The molecule has 2 heterocycles. The molecule has 7 nitrogen and oxygen atoms in total. The number of rotatable bonds is 4. The molecule has 2 amide bonds. The second-order valence-electron chi connectivity index (χ2n) is 6.83. The Kier molecular flexibility index (Phi) is 8.30. The van der Waals surface area contributed by atoms with Crippen molar-refractivity contribution in [3.05, 3.63) is 33.2 Å². The fourth-order valence-corrected chi connectivity index (χ4v) is 3.16. The van der Waals surface area contributed by atoms with Crippen molar-refractivity contribution in [2.24, 2.45) is 0 Å². The lowest BCUT2D eigenvalue weighted by Gasteiger charge is -2.23. The summed E-state index contributed by atoms with van der Waals surface area (Å²) in [5.41, 5.74) is 1.47. The fourth-order valence-electron chi connectivity index (χ4n) is 3.16. The van der Waals surface area contributed by atoms with Gasteiger partial charge in [-0.15, -0.1) is 12.4 Å². The van der Waals surface area contributed by atoms with Gasteiger partial charge in [-0.05, 0) is 46.2 Å². The van der Waals surface area contributed by atoms with Crippen LogP contribution in [0.5, 0.6) is 0 Å². The first-order chi connectivity index (χ1) is 11.8. The van der Waals surface area contributed by atoms with E-state index in [1.165, 1.54) is 10.6 Å². The number of aryl methyl sites for hydroxylation is 1. The van der Waals surface area contributed by atoms with Gasteiger partial charge in [0.15, 0.2) is 0 Å². The molecule has 1 aliphatic rings. The minimum atomic E-state index is -0.261. The molecule has 26 heavy (non-hydrogen) atoms. The van der Waals surface area contributed by atoms with Crippen molar-refractivity contribution in [2.75, 3.05) is 26.2 Å². The third-order valence-electron chi connectivity index (χ3n) is 4.36. The summed E-state index contributed by atoms with van der Waals surface area (Å²) in [6.07, 6.45) is 0.903. The molecule has 0 aromatic carbocycles. The molecule has 0 unspecified atom stereocenters. The summed E-state index contributed by atoms with van der Waals surface area (Å²) in [6.45, 7) is 10.2. The summed E-state index contributed by atoms with van der Waals surface area (Å²) in [7, 11) is 0. The molecule has 2 N–H and O–H groups in total. The number of nitrogens with zero attached hydrogens (tertiary/aromatic N) is 2. The number of aromatic nitrogens is 1. The molecule has 0 spiro atoms. The highest BCUT2D eigenvalue weighted by atomic mass is 35.5. The minimum Gasteiger partial charge on any atom is -0.352 e. The van der Waals surface area contributed by atoms with Crippen LogP contribution in [0, 0.1) is 13.8 Å². The van der Waals surface area contributed by atoms with Gasteiger partial charge < -0.3 is 20.1 Å². The molecular formula is C18H29ClN4O3. The van der Waals surface area contributed by atoms with Crippen LogP contribution < -0.4 is 16.2 Å². The molecule has 1 aromatic heterocycles. The first kappa shape index (κ1) is 22.2. The smallest absolute Gasteiger partial charge is 0.255 e. The number of carbonyl (C=O) groups is 2. The number of amides is 2. The Labute approximate surface area is 160 Å². The zero-order chi connectivity index (χ0) is 18.6. The van der Waals surface area contributed by atoms with Crippen LogP contribution >= 0.6 is 12.4 Å². The van der Waals surface area contributed by atoms with Crippen LogP contribution in [0.25, 0.3) is 0 Å². The van der Waals surface area contributed by atoms with Crippen LogP contribution in [0.15, 0.2) is 10.9 Å². The normalized spacial score (nSPS) is 14.6. The number of nitrogens with one attached hydrogen (secondary N) is 2. The fraction of sp³-hybridized carbons (Fsp3) is 0.611. The molecule has 1 aliphatic heterocycles. The maximum Gasteiger partial charge on any atom is 0.255 e. The minimum absolute atomic E-state index is 0. The van der Waals surface area contributed by atoms with Crippen LogP contribution in [-0.4, -0.2) is 53.5 Å². The van der Waals surface area contributed by atoms with Crippen LogP contribution in [0.1, 0.15) is 41.9 Å². The van der Waals surface area contributed by atoms with Crippen molar-refractivity contribution in [1.29, 1.82) is 0 Å². The summed E-state index contributed by atoms with van der Waals surface area (Å²) in [4.78, 5) is 39.2. The van der Waals surface area contributed by atoms with Crippen LogP contribution in [0.3, 0.4) is 0 Å². The molecule has 1 aromatic rings. The number of hydrogen-bond acceptors (Lipinski definition) is 4. The Hall–Kier alpha value is -1.86. The van der Waals surface area contributed by atoms with E-state index in [0.29, 0.717) is 29.9 Å². The highest BCUT2D eigenvalue weighted by Gasteiger charge is 2.23. The van der Waals surface area contributed by atoms with Crippen LogP contribution in [0.4, 0.5) is 0 Å². The SMILES string of the molecule is Cc1cc(=O)n(CC(=O)NC(C)C)c(C)c1C(=O)N1CCCNCC1.Cl. The molecule has 0 saturated carbocycles. The summed E-state index contributed by atoms with van der Waals surface area (Å²) in [5.74, 6) is -0.307. The summed E-state index contributed by atoms with van der Waals surface area (Å²) >= 11 is 0. The molecule has 1 saturated heterocycles.